The molecule has 0 aliphatic carbocycles. The Morgan fingerprint density at radius 1 is 0.444 bits per heavy atom. The van der Waals surface area contributed by atoms with E-state index < -0.39 is 0 Å². The maximum absolute atomic E-state index is 7.30. The predicted octanol–water partition coefficient (Wildman–Crippen LogP) is 19.9. The van der Waals surface area contributed by atoms with Crippen molar-refractivity contribution in [2.24, 2.45) is 0 Å². The van der Waals surface area contributed by atoms with Crippen LogP contribution in [0, 0.1) is 12.1 Å². The summed E-state index contributed by atoms with van der Waals surface area (Å²) in [6, 6.07) is 83.1. The molecule has 392 valence electrons. The molecular formula is C74H54N4O2Pt. The van der Waals surface area contributed by atoms with Crippen molar-refractivity contribution in [1.82, 2.24) is 19.1 Å². The molecule has 6 nitrogen and oxygen atoms in total. The van der Waals surface area contributed by atoms with Crippen molar-refractivity contribution in [1.29, 1.82) is 0 Å². The molecule has 0 atom stereocenters. The minimum absolute atomic E-state index is 0. The molecule has 0 saturated carbocycles. The summed E-state index contributed by atoms with van der Waals surface area (Å²) in [5.41, 5.74) is 13.6. The average molecular weight is 1230 g/mol. The second kappa shape index (κ2) is 19.0. The van der Waals surface area contributed by atoms with E-state index in [4.69, 9.17) is 19.1 Å². The summed E-state index contributed by atoms with van der Waals surface area (Å²) in [5.74, 6) is 2.57. The van der Waals surface area contributed by atoms with Crippen molar-refractivity contribution in [3.8, 4) is 56.6 Å². The summed E-state index contributed by atoms with van der Waals surface area (Å²) >= 11 is 0. The van der Waals surface area contributed by atoms with Crippen LogP contribution in [0.2, 0.25) is 0 Å². The second-order valence-electron chi connectivity index (χ2n) is 23.2. The number of imidazole rings is 1. The minimum atomic E-state index is -0.250. The Morgan fingerprint density at radius 2 is 1.06 bits per heavy atom. The molecular weight excluding hydrogens is 1170 g/mol. The van der Waals surface area contributed by atoms with Crippen LogP contribution in [0.3, 0.4) is 0 Å². The number of para-hydroxylation sites is 3. The Bertz CT molecular complexity index is 5000. The third-order valence-corrected chi connectivity index (χ3v) is 16.1. The van der Waals surface area contributed by atoms with Crippen molar-refractivity contribution in [3.63, 3.8) is 0 Å². The maximum Gasteiger partial charge on any atom is 2.00 e. The maximum atomic E-state index is 7.30. The number of rotatable bonds is 7. The zero-order valence-corrected chi connectivity index (χ0v) is 48.0. The van der Waals surface area contributed by atoms with E-state index in [2.05, 4.69) is 269 Å². The van der Waals surface area contributed by atoms with E-state index in [1.807, 2.05) is 12.3 Å². The van der Waals surface area contributed by atoms with Crippen molar-refractivity contribution in [2.75, 3.05) is 0 Å². The summed E-state index contributed by atoms with van der Waals surface area (Å²) in [5, 5.41) is 11.0. The zero-order valence-electron chi connectivity index (χ0n) is 45.7. The molecule has 0 saturated heterocycles. The van der Waals surface area contributed by atoms with Crippen LogP contribution in [0.25, 0.3) is 132 Å². The molecule has 15 aromatic rings. The predicted molar refractivity (Wildman–Crippen MR) is 331 cm³/mol. The number of hydrogen-bond donors (Lipinski definition) is 0. The molecule has 81 heavy (non-hydrogen) atoms. The molecule has 0 fully saturated rings. The van der Waals surface area contributed by atoms with Gasteiger partial charge >= 0.3 is 21.1 Å². The Hall–Kier alpha value is -9.09. The minimum Gasteiger partial charge on any atom is -0.503 e. The molecule has 0 bridgehead atoms. The molecule has 4 aromatic heterocycles. The average Bonchev–Trinajstić information content (AvgIpc) is 4.39. The van der Waals surface area contributed by atoms with Gasteiger partial charge in [0.05, 0.1) is 22.4 Å². The fourth-order valence-corrected chi connectivity index (χ4v) is 12.1. The number of aromatic nitrogens is 4. The molecule has 0 N–H and O–H groups in total. The number of furan rings is 1. The topological polar surface area (TPSA) is 58.0 Å². The van der Waals surface area contributed by atoms with Gasteiger partial charge in [-0.25, -0.2) is 4.98 Å². The van der Waals surface area contributed by atoms with Gasteiger partial charge in [0, 0.05) is 34.3 Å². The van der Waals surface area contributed by atoms with Gasteiger partial charge in [-0.15, -0.1) is 17.5 Å². The smallest absolute Gasteiger partial charge is 0.503 e. The summed E-state index contributed by atoms with van der Waals surface area (Å²) in [4.78, 5) is 10.5. The van der Waals surface area contributed by atoms with Crippen molar-refractivity contribution < 1.29 is 30.2 Å². The summed E-state index contributed by atoms with van der Waals surface area (Å²) in [6.07, 6.45) is 1.91. The number of fused-ring (bicyclic) bond motifs is 13. The summed E-state index contributed by atoms with van der Waals surface area (Å²) in [6.45, 7) is 13.5. The van der Waals surface area contributed by atoms with Crippen molar-refractivity contribution >= 4 is 87.1 Å². The van der Waals surface area contributed by atoms with Gasteiger partial charge < -0.3 is 18.3 Å². The third kappa shape index (κ3) is 8.34. The van der Waals surface area contributed by atoms with Gasteiger partial charge in [0.25, 0.3) is 0 Å². The Labute approximate surface area is 484 Å². The molecule has 0 aliphatic heterocycles. The standard InChI is InChI=1S/C74H54N4O2.Pt/c1-73(2,3)49-35-36-75-70(39-49)77-65-27-17-15-25-55(65)56-33-31-50(42-68(56)77)79-51-40-61-60-43-58-53-24-14-13-23-52(53)57-37-47(45-19-9-7-10-20-45)29-32-54(57)59(58)44-69(60)80-71(61)62(41-51)72-76-64-26-16-18-28-67(64)78(72)66-34-30-48(38-63(66)74(4,5)6)46-21-11-8-12-22-46;/h7-40,43-44H,1-6H3;/q-2;+2. The van der Waals surface area contributed by atoms with E-state index in [9.17, 15) is 0 Å². The van der Waals surface area contributed by atoms with Crippen molar-refractivity contribution in [3.05, 3.63) is 242 Å². The molecule has 0 unspecified atom stereocenters. The zero-order chi connectivity index (χ0) is 54.0. The van der Waals surface area contributed by atoms with Crippen LogP contribution in [-0.4, -0.2) is 19.1 Å². The summed E-state index contributed by atoms with van der Waals surface area (Å²) < 4.78 is 18.9. The monoisotopic (exact) mass is 1230 g/mol. The first-order chi connectivity index (χ1) is 38.9. The van der Waals surface area contributed by atoms with E-state index in [0.717, 1.165) is 88.0 Å². The second-order valence-corrected chi connectivity index (χ2v) is 23.2. The fraction of sp³-hybridized carbons (Fsp3) is 0.108. The molecule has 0 amide bonds. The molecule has 0 spiro atoms. The molecule has 0 aliphatic rings. The van der Waals surface area contributed by atoms with E-state index >= 15 is 0 Å². The van der Waals surface area contributed by atoms with Crippen LogP contribution in [0.4, 0.5) is 0 Å². The van der Waals surface area contributed by atoms with Gasteiger partial charge in [-0.05, 0) is 143 Å². The first kappa shape index (κ1) is 50.2. The van der Waals surface area contributed by atoms with Gasteiger partial charge in [-0.2, -0.15) is 6.07 Å². The largest absolute Gasteiger partial charge is 2.00 e. The number of hydrogen-bond acceptors (Lipinski definition) is 4. The quantitative estimate of drug-likeness (QED) is 0.118. The van der Waals surface area contributed by atoms with Crippen LogP contribution >= 0.6 is 0 Å². The van der Waals surface area contributed by atoms with E-state index in [1.54, 1.807) is 0 Å². The SMILES string of the molecule is CC(C)(C)c1ccnc(-n2c3[c-]c(Oc4[c-]c(-c5nc6ccccc6n5-c5ccc(-c6ccccc6)cc5C(C)(C)C)c5oc6cc7c8ccc(-c9ccccc9)cc8c8ccccc8c7cc6c5c4)ccc3c3ccccc32)c1.[Pt+2]. The molecule has 0 radical (unpaired) electrons. The summed E-state index contributed by atoms with van der Waals surface area (Å²) in [7, 11) is 0. The van der Waals surface area contributed by atoms with E-state index in [1.165, 1.54) is 38.4 Å². The van der Waals surface area contributed by atoms with E-state index in [0.29, 0.717) is 28.5 Å². The first-order valence-electron chi connectivity index (χ1n) is 27.5. The normalized spacial score (nSPS) is 12.2. The van der Waals surface area contributed by atoms with Crippen molar-refractivity contribution in [2.45, 2.75) is 52.4 Å². The number of nitrogens with zero attached hydrogens (tertiary/aromatic N) is 4. The Kier molecular flexibility index (Phi) is 11.8. The van der Waals surface area contributed by atoms with Crippen LogP contribution in [-0.2, 0) is 31.9 Å². The molecule has 4 heterocycles. The van der Waals surface area contributed by atoms with Crippen LogP contribution in [0.5, 0.6) is 11.5 Å². The molecule has 11 aromatic carbocycles. The fourth-order valence-electron chi connectivity index (χ4n) is 12.1. The molecule has 7 heteroatoms. The van der Waals surface area contributed by atoms with Gasteiger partial charge in [-0.3, -0.25) is 4.98 Å². The number of pyridine rings is 1. The van der Waals surface area contributed by atoms with Gasteiger partial charge in [0.2, 0.25) is 0 Å². The molecule has 15 rings (SSSR count). The van der Waals surface area contributed by atoms with E-state index in [-0.39, 0.29) is 31.9 Å². The van der Waals surface area contributed by atoms with Crippen LogP contribution in [0.15, 0.2) is 223 Å². The number of benzene rings is 11. The van der Waals surface area contributed by atoms with Gasteiger partial charge in [0.1, 0.15) is 11.4 Å². The number of ether oxygens (including phenoxy) is 1. The van der Waals surface area contributed by atoms with Crippen LogP contribution < -0.4 is 4.74 Å². The Morgan fingerprint density at radius 3 is 1.79 bits per heavy atom. The van der Waals surface area contributed by atoms with Gasteiger partial charge in [0.15, 0.2) is 0 Å². The van der Waals surface area contributed by atoms with Crippen LogP contribution in [0.1, 0.15) is 52.7 Å². The Balaban J connectivity index is 0.00000589. The first-order valence-corrected chi connectivity index (χ1v) is 27.5. The van der Waals surface area contributed by atoms with Gasteiger partial charge in [-0.1, -0.05) is 204 Å². The third-order valence-electron chi connectivity index (χ3n) is 16.1.